The van der Waals surface area contributed by atoms with Gasteiger partial charge in [0.1, 0.15) is 11.2 Å². The quantitative estimate of drug-likeness (QED) is 0.152. The van der Waals surface area contributed by atoms with Crippen molar-refractivity contribution in [3.05, 3.63) is 206 Å². The molecule has 0 radical (unpaired) electrons. The third-order valence-electron chi connectivity index (χ3n) is 10.9. The van der Waals surface area contributed by atoms with Crippen LogP contribution in [0, 0.1) is 0 Å². The molecule has 0 aliphatic heterocycles. The monoisotopic (exact) mass is 742 g/mol. The minimum absolute atomic E-state index is 0.564. The molecule has 0 spiro atoms. The Balaban J connectivity index is 1.21. The van der Waals surface area contributed by atoms with Crippen LogP contribution in [0.3, 0.4) is 0 Å². The molecule has 0 atom stereocenters. The van der Waals surface area contributed by atoms with Gasteiger partial charge in [-0.2, -0.15) is 0 Å². The van der Waals surface area contributed by atoms with Crippen molar-refractivity contribution < 1.29 is 4.42 Å². The van der Waals surface area contributed by atoms with E-state index in [1.807, 2.05) is 78.9 Å². The summed E-state index contributed by atoms with van der Waals surface area (Å²) in [5, 5.41) is 6.64. The average molecular weight is 743 g/mol. The Hall–Kier alpha value is -7.89. The fraction of sp³-hybridized carbons (Fsp3) is 0. The molecule has 0 fully saturated rings. The third-order valence-corrected chi connectivity index (χ3v) is 10.9. The molecule has 5 nitrogen and oxygen atoms in total. The van der Waals surface area contributed by atoms with Crippen molar-refractivity contribution >= 4 is 60.5 Å². The molecule has 0 bridgehead atoms. The first-order chi connectivity index (χ1) is 28.7. The number of nitrogens with zero attached hydrogens (tertiary/aromatic N) is 4. The summed E-state index contributed by atoms with van der Waals surface area (Å²) in [6.07, 6.45) is 0. The number of hydrogen-bond acceptors (Lipinski definition) is 5. The van der Waals surface area contributed by atoms with Gasteiger partial charge in [0.15, 0.2) is 17.5 Å². The van der Waals surface area contributed by atoms with E-state index in [2.05, 4.69) is 132 Å². The van der Waals surface area contributed by atoms with E-state index in [0.717, 1.165) is 72.0 Å². The Morgan fingerprint density at radius 2 is 0.862 bits per heavy atom. The number of rotatable bonds is 7. The lowest BCUT2D eigenvalue weighted by atomic mass is 9.98. The highest BCUT2D eigenvalue weighted by Gasteiger charge is 2.24. The Morgan fingerprint density at radius 3 is 1.53 bits per heavy atom. The summed E-state index contributed by atoms with van der Waals surface area (Å²) in [5.41, 5.74) is 9.50. The Morgan fingerprint density at radius 1 is 0.345 bits per heavy atom. The molecular weight excluding hydrogens is 709 g/mol. The molecule has 11 rings (SSSR count). The van der Waals surface area contributed by atoms with E-state index in [1.165, 1.54) is 16.3 Å². The van der Waals surface area contributed by atoms with Gasteiger partial charge in [-0.05, 0) is 57.6 Å². The molecule has 5 heteroatoms. The van der Waals surface area contributed by atoms with Crippen LogP contribution in [0.4, 0.5) is 17.1 Å². The molecular formula is C53H34N4O. The van der Waals surface area contributed by atoms with Gasteiger partial charge in [0.05, 0.1) is 11.4 Å². The van der Waals surface area contributed by atoms with E-state index < -0.39 is 0 Å². The van der Waals surface area contributed by atoms with Crippen LogP contribution >= 0.6 is 0 Å². The van der Waals surface area contributed by atoms with Crippen LogP contribution in [0.5, 0.6) is 0 Å². The first kappa shape index (κ1) is 33.4. The first-order valence-corrected chi connectivity index (χ1v) is 19.4. The lowest BCUT2D eigenvalue weighted by molar-refractivity contribution is 0.669. The summed E-state index contributed by atoms with van der Waals surface area (Å²) in [6, 6.07) is 71.7. The summed E-state index contributed by atoms with van der Waals surface area (Å²) in [6.45, 7) is 0. The number of furan rings is 1. The standard InChI is InChI=1S/C53H34N4O/c1-4-16-35(17-5-1)36-28-30-40(31-29-36)57(47-32-39-22-10-11-23-42(39)43-24-12-13-25-44(43)47)41-33-46(50-45-26-14-15-27-48(45)58-49(50)34-41)53-55-51(37-18-6-2-7-19-37)54-52(56-53)38-20-8-3-9-21-38/h1-34H. The number of anilines is 3. The molecule has 9 aromatic carbocycles. The maximum atomic E-state index is 6.74. The van der Waals surface area contributed by atoms with E-state index in [0.29, 0.717) is 17.5 Å². The van der Waals surface area contributed by atoms with Gasteiger partial charge in [0.25, 0.3) is 0 Å². The van der Waals surface area contributed by atoms with Gasteiger partial charge in [-0.3, -0.25) is 0 Å². The molecule has 58 heavy (non-hydrogen) atoms. The summed E-state index contributed by atoms with van der Waals surface area (Å²) in [7, 11) is 0. The van der Waals surface area contributed by atoms with E-state index in [4.69, 9.17) is 19.4 Å². The highest BCUT2D eigenvalue weighted by atomic mass is 16.3. The fourth-order valence-electron chi connectivity index (χ4n) is 8.15. The minimum Gasteiger partial charge on any atom is -0.456 e. The van der Waals surface area contributed by atoms with Gasteiger partial charge < -0.3 is 9.32 Å². The lowest BCUT2D eigenvalue weighted by Crippen LogP contribution is -2.11. The number of benzene rings is 9. The van der Waals surface area contributed by atoms with Gasteiger partial charge in [-0.25, -0.2) is 15.0 Å². The molecule has 0 amide bonds. The molecule has 0 N–H and O–H groups in total. The maximum absolute atomic E-state index is 6.74. The zero-order valence-corrected chi connectivity index (χ0v) is 31.3. The normalized spacial score (nSPS) is 11.4. The van der Waals surface area contributed by atoms with Crippen molar-refractivity contribution in [2.45, 2.75) is 0 Å². The third kappa shape index (κ3) is 5.85. The van der Waals surface area contributed by atoms with Crippen molar-refractivity contribution in [1.29, 1.82) is 0 Å². The predicted molar refractivity (Wildman–Crippen MR) is 239 cm³/mol. The molecule has 0 aliphatic carbocycles. The minimum atomic E-state index is 0.564. The van der Waals surface area contributed by atoms with E-state index in [-0.39, 0.29) is 0 Å². The second-order valence-electron chi connectivity index (χ2n) is 14.4. The van der Waals surface area contributed by atoms with Crippen LogP contribution in [-0.2, 0) is 0 Å². The molecule has 272 valence electrons. The maximum Gasteiger partial charge on any atom is 0.164 e. The molecule has 0 unspecified atom stereocenters. The number of fused-ring (bicyclic) bond motifs is 6. The van der Waals surface area contributed by atoms with Crippen LogP contribution in [0.25, 0.3) is 88.8 Å². The second-order valence-corrected chi connectivity index (χ2v) is 14.4. The van der Waals surface area contributed by atoms with E-state index >= 15 is 0 Å². The van der Waals surface area contributed by atoms with Gasteiger partial charge in [-0.1, -0.05) is 170 Å². The van der Waals surface area contributed by atoms with Gasteiger partial charge in [0.2, 0.25) is 0 Å². The van der Waals surface area contributed by atoms with Crippen molar-refractivity contribution in [3.63, 3.8) is 0 Å². The zero-order valence-electron chi connectivity index (χ0n) is 31.3. The van der Waals surface area contributed by atoms with E-state index in [1.54, 1.807) is 0 Å². The van der Waals surface area contributed by atoms with Gasteiger partial charge in [0, 0.05) is 44.6 Å². The first-order valence-electron chi connectivity index (χ1n) is 19.4. The van der Waals surface area contributed by atoms with Crippen molar-refractivity contribution in [1.82, 2.24) is 15.0 Å². The largest absolute Gasteiger partial charge is 0.456 e. The Kier molecular flexibility index (Phi) is 8.07. The van der Waals surface area contributed by atoms with Gasteiger partial charge >= 0.3 is 0 Å². The van der Waals surface area contributed by atoms with Crippen LogP contribution < -0.4 is 4.90 Å². The second kappa shape index (κ2) is 14.0. The molecule has 0 saturated carbocycles. The lowest BCUT2D eigenvalue weighted by Gasteiger charge is -2.28. The number of aromatic nitrogens is 3. The summed E-state index contributed by atoms with van der Waals surface area (Å²) < 4.78 is 6.74. The van der Waals surface area contributed by atoms with Crippen LogP contribution in [0.2, 0.25) is 0 Å². The molecule has 2 heterocycles. The predicted octanol–water partition coefficient (Wildman–Crippen LogP) is 14.2. The summed E-state index contributed by atoms with van der Waals surface area (Å²) >= 11 is 0. The highest BCUT2D eigenvalue weighted by molar-refractivity contribution is 6.16. The average Bonchev–Trinajstić information content (AvgIpc) is 3.68. The smallest absolute Gasteiger partial charge is 0.164 e. The number of hydrogen-bond donors (Lipinski definition) is 0. The number of para-hydroxylation sites is 1. The van der Waals surface area contributed by atoms with Crippen LogP contribution in [-0.4, -0.2) is 15.0 Å². The highest BCUT2D eigenvalue weighted by Crippen LogP contribution is 2.46. The summed E-state index contributed by atoms with van der Waals surface area (Å²) in [5.74, 6) is 1.77. The fourth-order valence-corrected chi connectivity index (χ4v) is 8.15. The molecule has 0 saturated heterocycles. The van der Waals surface area contributed by atoms with Crippen molar-refractivity contribution in [2.75, 3.05) is 4.90 Å². The molecule has 11 aromatic rings. The zero-order chi connectivity index (χ0) is 38.4. The molecule has 2 aromatic heterocycles. The van der Waals surface area contributed by atoms with Crippen LogP contribution in [0.1, 0.15) is 0 Å². The van der Waals surface area contributed by atoms with E-state index in [9.17, 15) is 0 Å². The van der Waals surface area contributed by atoms with Crippen LogP contribution in [0.15, 0.2) is 211 Å². The topological polar surface area (TPSA) is 55.1 Å². The Labute approximate surface area is 335 Å². The van der Waals surface area contributed by atoms with Crippen molar-refractivity contribution in [3.8, 4) is 45.3 Å². The summed E-state index contributed by atoms with van der Waals surface area (Å²) in [4.78, 5) is 17.8. The Bertz CT molecular complexity index is 3210. The van der Waals surface area contributed by atoms with Crippen molar-refractivity contribution in [2.24, 2.45) is 0 Å². The molecule has 0 aliphatic rings. The SMILES string of the molecule is c1ccc(-c2ccc(N(c3cc(-c4nc(-c5ccccc5)nc(-c5ccccc5)n4)c4c(c3)oc3ccccc34)c3cc4ccccc4c4ccccc34)cc2)cc1. The van der Waals surface area contributed by atoms with Gasteiger partial charge in [-0.15, -0.1) is 0 Å².